The number of aryl methyl sites for hydroxylation is 1. The molecule has 0 N–H and O–H groups in total. The molecule has 2 aliphatic heterocycles. The van der Waals surface area contributed by atoms with Gasteiger partial charge in [-0.2, -0.15) is 4.31 Å². The normalized spacial score (nSPS) is 17.8. The van der Waals surface area contributed by atoms with E-state index < -0.39 is 10.0 Å². The van der Waals surface area contributed by atoms with Crippen LogP contribution in [0.15, 0.2) is 59.5 Å². The monoisotopic (exact) mass is 396 g/mol. The molecule has 0 radical (unpaired) electrons. The van der Waals surface area contributed by atoms with E-state index in [0.717, 1.165) is 29.7 Å². The molecule has 5 nitrogen and oxygen atoms in total. The summed E-state index contributed by atoms with van der Waals surface area (Å²) in [4.78, 5) is 13.9. The van der Waals surface area contributed by atoms with Crippen LogP contribution in [0, 0.1) is 0 Å². The van der Waals surface area contributed by atoms with Crippen molar-refractivity contribution in [3.63, 3.8) is 0 Å². The molecule has 1 amide bonds. The van der Waals surface area contributed by atoms with Crippen molar-refractivity contribution in [2.45, 2.75) is 31.1 Å². The van der Waals surface area contributed by atoms with Gasteiger partial charge in [0.25, 0.3) is 0 Å². The van der Waals surface area contributed by atoms with Crippen LogP contribution in [0.5, 0.6) is 0 Å². The number of nitrogens with zero attached hydrogens (tertiary/aromatic N) is 2. The van der Waals surface area contributed by atoms with E-state index in [9.17, 15) is 13.2 Å². The van der Waals surface area contributed by atoms with Crippen molar-refractivity contribution >= 4 is 27.2 Å². The molecule has 0 aromatic heterocycles. The van der Waals surface area contributed by atoms with Gasteiger partial charge in [-0.1, -0.05) is 36.4 Å². The predicted molar refractivity (Wildman–Crippen MR) is 111 cm³/mol. The summed E-state index contributed by atoms with van der Waals surface area (Å²) in [7, 11) is -3.55. The third-order valence-electron chi connectivity index (χ3n) is 5.50. The Bertz CT molecular complexity index is 1030. The van der Waals surface area contributed by atoms with Gasteiger partial charge in [0.15, 0.2) is 0 Å². The number of carbonyl (C=O) groups excluding carboxylic acids is 1. The van der Waals surface area contributed by atoms with E-state index in [1.807, 2.05) is 24.3 Å². The van der Waals surface area contributed by atoms with Gasteiger partial charge in [-0.25, -0.2) is 8.42 Å². The summed E-state index contributed by atoms with van der Waals surface area (Å²) in [6, 6.07) is 15.2. The number of hydrogen-bond acceptors (Lipinski definition) is 3. The first kappa shape index (κ1) is 18.9. The molecule has 2 heterocycles. The van der Waals surface area contributed by atoms with E-state index in [4.69, 9.17) is 0 Å². The molecule has 0 atom stereocenters. The van der Waals surface area contributed by atoms with Crippen molar-refractivity contribution < 1.29 is 13.2 Å². The number of amides is 1. The highest BCUT2D eigenvalue weighted by Crippen LogP contribution is 2.32. The summed E-state index contributed by atoms with van der Waals surface area (Å²) in [6.45, 7) is 3.08. The first-order chi connectivity index (χ1) is 13.5. The standard InChI is InChI=1S/C22H24N2O3S/c1-17(25)24-13-5-8-20-16-21(9-10-22(20)24)28(26,27)23-14-11-19(12-15-23)18-6-3-2-4-7-18/h2-4,6-7,9-11,16H,5,8,12-15H2,1H3. The largest absolute Gasteiger partial charge is 0.312 e. The SMILES string of the molecule is CC(=O)N1CCCc2cc(S(=O)(=O)N3CC=C(c4ccccc4)CC3)ccc21. The lowest BCUT2D eigenvalue weighted by molar-refractivity contribution is -0.116. The second-order valence-corrected chi connectivity index (χ2v) is 9.21. The Morgan fingerprint density at radius 2 is 1.79 bits per heavy atom. The first-order valence-corrected chi connectivity index (χ1v) is 11.1. The van der Waals surface area contributed by atoms with Crippen LogP contribution < -0.4 is 4.90 Å². The van der Waals surface area contributed by atoms with Crippen LogP contribution in [0.3, 0.4) is 0 Å². The van der Waals surface area contributed by atoms with Crippen molar-refractivity contribution in [1.29, 1.82) is 0 Å². The smallest absolute Gasteiger partial charge is 0.243 e. The molecule has 0 spiro atoms. The number of anilines is 1. The fourth-order valence-electron chi connectivity index (χ4n) is 3.99. The molecular weight excluding hydrogens is 372 g/mol. The maximum Gasteiger partial charge on any atom is 0.243 e. The Morgan fingerprint density at radius 3 is 2.46 bits per heavy atom. The zero-order valence-corrected chi connectivity index (χ0v) is 16.8. The Labute approximate surface area is 166 Å². The van der Waals surface area contributed by atoms with Gasteiger partial charge < -0.3 is 4.90 Å². The van der Waals surface area contributed by atoms with Gasteiger partial charge in [-0.05, 0) is 54.2 Å². The number of carbonyl (C=O) groups is 1. The minimum atomic E-state index is -3.55. The third kappa shape index (κ3) is 3.50. The fraction of sp³-hybridized carbons (Fsp3) is 0.318. The van der Waals surface area contributed by atoms with Crippen LogP contribution in [0.2, 0.25) is 0 Å². The zero-order valence-electron chi connectivity index (χ0n) is 16.0. The summed E-state index contributed by atoms with van der Waals surface area (Å²) in [6.07, 6.45) is 4.35. The van der Waals surface area contributed by atoms with Gasteiger partial charge in [0.05, 0.1) is 4.90 Å². The molecule has 0 fully saturated rings. The average Bonchev–Trinajstić information content (AvgIpc) is 2.73. The summed E-state index contributed by atoms with van der Waals surface area (Å²) >= 11 is 0. The van der Waals surface area contributed by atoms with Crippen LogP contribution in [-0.4, -0.2) is 38.3 Å². The predicted octanol–water partition coefficient (Wildman–Crippen LogP) is 3.46. The number of hydrogen-bond donors (Lipinski definition) is 0. The van der Waals surface area contributed by atoms with Crippen LogP contribution in [0.25, 0.3) is 5.57 Å². The van der Waals surface area contributed by atoms with Gasteiger partial charge in [-0.3, -0.25) is 4.79 Å². The van der Waals surface area contributed by atoms with Gasteiger partial charge in [0, 0.05) is 32.2 Å². The molecular formula is C22H24N2O3S. The van der Waals surface area contributed by atoms with Crippen molar-refractivity contribution in [3.05, 3.63) is 65.7 Å². The van der Waals surface area contributed by atoms with Gasteiger partial charge >= 0.3 is 0 Å². The van der Waals surface area contributed by atoms with E-state index in [1.54, 1.807) is 30.0 Å². The summed E-state index contributed by atoms with van der Waals surface area (Å²) in [5.41, 5.74) is 4.11. The lowest BCUT2D eigenvalue weighted by Gasteiger charge is -2.30. The van der Waals surface area contributed by atoms with Crippen LogP contribution in [-0.2, 0) is 21.2 Å². The average molecular weight is 397 g/mol. The quantitative estimate of drug-likeness (QED) is 0.798. The van der Waals surface area contributed by atoms with E-state index >= 15 is 0 Å². The van der Waals surface area contributed by atoms with Crippen molar-refractivity contribution in [3.8, 4) is 0 Å². The van der Waals surface area contributed by atoms with Crippen molar-refractivity contribution in [2.75, 3.05) is 24.5 Å². The zero-order chi connectivity index (χ0) is 19.7. The van der Waals surface area contributed by atoms with Crippen LogP contribution in [0.1, 0.15) is 30.9 Å². The van der Waals surface area contributed by atoms with Crippen molar-refractivity contribution in [1.82, 2.24) is 4.31 Å². The summed E-state index contributed by atoms with van der Waals surface area (Å²) < 4.78 is 27.8. The van der Waals surface area contributed by atoms with E-state index in [1.165, 1.54) is 9.88 Å². The maximum atomic E-state index is 13.1. The number of sulfonamides is 1. The van der Waals surface area contributed by atoms with Gasteiger partial charge in [0.1, 0.15) is 0 Å². The molecule has 28 heavy (non-hydrogen) atoms. The lowest BCUT2D eigenvalue weighted by Crippen LogP contribution is -2.35. The van der Waals surface area contributed by atoms with E-state index in [0.29, 0.717) is 31.0 Å². The number of fused-ring (bicyclic) bond motifs is 1. The molecule has 2 aliphatic rings. The lowest BCUT2D eigenvalue weighted by atomic mass is 10.0. The Kier molecular flexibility index (Phi) is 5.08. The Balaban J connectivity index is 1.58. The van der Waals surface area contributed by atoms with Crippen molar-refractivity contribution in [2.24, 2.45) is 0 Å². The Hall–Kier alpha value is -2.44. The molecule has 0 bridgehead atoms. The molecule has 4 rings (SSSR count). The van der Waals surface area contributed by atoms with Crippen LogP contribution in [0.4, 0.5) is 5.69 Å². The maximum absolute atomic E-state index is 13.1. The highest BCUT2D eigenvalue weighted by Gasteiger charge is 2.28. The highest BCUT2D eigenvalue weighted by atomic mass is 32.2. The van der Waals surface area contributed by atoms with E-state index in [-0.39, 0.29) is 5.91 Å². The second-order valence-electron chi connectivity index (χ2n) is 7.27. The highest BCUT2D eigenvalue weighted by molar-refractivity contribution is 7.89. The molecule has 6 heteroatoms. The molecule has 0 saturated heterocycles. The fourth-order valence-corrected chi connectivity index (χ4v) is 5.43. The molecule has 0 saturated carbocycles. The second kappa shape index (κ2) is 7.53. The minimum Gasteiger partial charge on any atom is -0.312 e. The topological polar surface area (TPSA) is 57.7 Å². The summed E-state index contributed by atoms with van der Waals surface area (Å²) in [5.74, 6) is -0.00818. The molecule has 2 aromatic carbocycles. The van der Waals surface area contributed by atoms with Gasteiger partial charge in [-0.15, -0.1) is 0 Å². The van der Waals surface area contributed by atoms with Crippen LogP contribution >= 0.6 is 0 Å². The number of rotatable bonds is 3. The van der Waals surface area contributed by atoms with Gasteiger partial charge in [0.2, 0.25) is 15.9 Å². The summed E-state index contributed by atoms with van der Waals surface area (Å²) in [5, 5.41) is 0. The molecule has 2 aromatic rings. The molecule has 0 aliphatic carbocycles. The van der Waals surface area contributed by atoms with E-state index in [2.05, 4.69) is 12.1 Å². The molecule has 146 valence electrons. The first-order valence-electron chi connectivity index (χ1n) is 9.62. The minimum absolute atomic E-state index is 0.00818. The Morgan fingerprint density at radius 1 is 1.00 bits per heavy atom. The number of benzene rings is 2. The third-order valence-corrected chi connectivity index (χ3v) is 7.37. The molecule has 0 unspecified atom stereocenters.